The molecule has 32 heavy (non-hydrogen) atoms. The van der Waals surface area contributed by atoms with Crippen LogP contribution in [0.4, 0.5) is 5.69 Å². The Morgan fingerprint density at radius 3 is 2.41 bits per heavy atom. The van der Waals surface area contributed by atoms with E-state index in [4.69, 9.17) is 4.74 Å². The lowest BCUT2D eigenvalue weighted by molar-refractivity contribution is -0.119. The van der Waals surface area contributed by atoms with Crippen LogP contribution in [0.25, 0.3) is 0 Å². The average molecular weight is 437 g/mol. The molecule has 6 nitrogen and oxygen atoms in total. The first-order chi connectivity index (χ1) is 15.6. The molecule has 2 saturated heterocycles. The number of amides is 1. The Hall–Kier alpha value is -2.28. The van der Waals surface area contributed by atoms with Crippen LogP contribution in [0.5, 0.6) is 0 Å². The van der Waals surface area contributed by atoms with E-state index in [1.807, 2.05) is 37.1 Å². The van der Waals surface area contributed by atoms with Crippen molar-refractivity contribution in [1.82, 2.24) is 14.8 Å². The number of benzene rings is 1. The average Bonchev–Trinajstić information content (AvgIpc) is 2.84. The summed E-state index contributed by atoms with van der Waals surface area (Å²) in [5, 5.41) is 0. The monoisotopic (exact) mass is 436 g/mol. The van der Waals surface area contributed by atoms with E-state index in [0.717, 1.165) is 70.2 Å². The molecule has 0 aliphatic carbocycles. The maximum atomic E-state index is 13.0. The van der Waals surface area contributed by atoms with Crippen molar-refractivity contribution in [3.8, 4) is 0 Å². The summed E-state index contributed by atoms with van der Waals surface area (Å²) in [6, 6.07) is 14.7. The second kappa shape index (κ2) is 10.6. The summed E-state index contributed by atoms with van der Waals surface area (Å²) in [7, 11) is 0. The smallest absolute Gasteiger partial charge is 0.226 e. The van der Waals surface area contributed by atoms with Gasteiger partial charge in [0.25, 0.3) is 0 Å². The number of carbonyl (C=O) groups is 1. The summed E-state index contributed by atoms with van der Waals surface area (Å²) >= 11 is 0. The zero-order valence-electron chi connectivity index (χ0n) is 19.5. The summed E-state index contributed by atoms with van der Waals surface area (Å²) in [4.78, 5) is 24.6. The number of rotatable bonds is 7. The van der Waals surface area contributed by atoms with Crippen molar-refractivity contribution in [2.75, 3.05) is 50.8 Å². The van der Waals surface area contributed by atoms with E-state index in [1.165, 1.54) is 5.56 Å². The minimum absolute atomic E-state index is 0.0488. The summed E-state index contributed by atoms with van der Waals surface area (Å²) in [6.45, 7) is 11.3. The van der Waals surface area contributed by atoms with Gasteiger partial charge in [-0.05, 0) is 37.5 Å². The van der Waals surface area contributed by atoms with Crippen molar-refractivity contribution in [1.29, 1.82) is 0 Å². The van der Waals surface area contributed by atoms with Crippen molar-refractivity contribution in [2.24, 2.45) is 0 Å². The van der Waals surface area contributed by atoms with Crippen LogP contribution >= 0.6 is 0 Å². The highest BCUT2D eigenvalue weighted by Gasteiger charge is 2.42. The number of pyridine rings is 1. The second-order valence-electron chi connectivity index (χ2n) is 9.08. The number of nitrogens with zero attached hydrogens (tertiary/aromatic N) is 4. The molecule has 0 bridgehead atoms. The first kappa shape index (κ1) is 22.9. The largest absolute Gasteiger partial charge is 0.381 e. The van der Waals surface area contributed by atoms with Crippen LogP contribution < -0.4 is 4.90 Å². The van der Waals surface area contributed by atoms with Crippen LogP contribution in [0.3, 0.4) is 0 Å². The van der Waals surface area contributed by atoms with Crippen molar-refractivity contribution in [3.63, 3.8) is 0 Å². The molecule has 0 radical (unpaired) electrons. The number of aryl methyl sites for hydroxylation is 1. The third-order valence-electron chi connectivity index (χ3n) is 6.98. The maximum Gasteiger partial charge on any atom is 0.226 e. The van der Waals surface area contributed by atoms with Gasteiger partial charge in [0, 0.05) is 70.1 Å². The number of anilines is 1. The van der Waals surface area contributed by atoms with Crippen LogP contribution in [-0.4, -0.2) is 72.2 Å². The number of piperazine rings is 1. The van der Waals surface area contributed by atoms with Gasteiger partial charge in [0.05, 0.1) is 11.9 Å². The van der Waals surface area contributed by atoms with Gasteiger partial charge in [-0.15, -0.1) is 0 Å². The lowest BCUT2D eigenvalue weighted by Gasteiger charge is -2.51. The summed E-state index contributed by atoms with van der Waals surface area (Å²) in [6.07, 6.45) is 4.25. The number of hydrogen-bond donors (Lipinski definition) is 0. The van der Waals surface area contributed by atoms with E-state index >= 15 is 0 Å². The predicted molar refractivity (Wildman–Crippen MR) is 128 cm³/mol. The zero-order chi connectivity index (χ0) is 22.4. The number of hydrogen-bond acceptors (Lipinski definition) is 5. The molecule has 6 heteroatoms. The van der Waals surface area contributed by atoms with E-state index in [1.54, 1.807) is 0 Å². The Morgan fingerprint density at radius 1 is 1.06 bits per heavy atom. The van der Waals surface area contributed by atoms with E-state index in [9.17, 15) is 4.79 Å². The summed E-state index contributed by atoms with van der Waals surface area (Å²) in [5.41, 5.74) is 3.18. The molecule has 0 saturated carbocycles. The van der Waals surface area contributed by atoms with Crippen LogP contribution in [0.2, 0.25) is 0 Å². The van der Waals surface area contributed by atoms with E-state index in [2.05, 4.69) is 45.1 Å². The fourth-order valence-electron chi connectivity index (χ4n) is 4.98. The second-order valence-corrected chi connectivity index (χ2v) is 9.08. The van der Waals surface area contributed by atoms with Crippen LogP contribution in [0.1, 0.15) is 37.4 Å². The quantitative estimate of drug-likeness (QED) is 0.665. The highest BCUT2D eigenvalue weighted by atomic mass is 16.5. The molecule has 1 aromatic heterocycles. The normalized spacial score (nSPS) is 19.6. The van der Waals surface area contributed by atoms with Gasteiger partial charge in [0.15, 0.2) is 0 Å². The first-order valence-electron chi connectivity index (χ1n) is 11.9. The molecule has 3 heterocycles. The Morgan fingerprint density at radius 2 is 1.78 bits per heavy atom. The minimum atomic E-state index is -0.0488. The molecule has 2 fully saturated rings. The zero-order valence-corrected chi connectivity index (χ0v) is 19.5. The number of aromatic nitrogens is 1. The Labute approximate surface area is 192 Å². The Bertz CT molecular complexity index is 857. The van der Waals surface area contributed by atoms with E-state index in [-0.39, 0.29) is 11.4 Å². The number of carbonyl (C=O) groups excluding carboxylic acids is 1. The lowest BCUT2D eigenvalue weighted by atomic mass is 9.86. The molecule has 2 aliphatic rings. The van der Waals surface area contributed by atoms with Gasteiger partial charge in [-0.25, -0.2) is 0 Å². The van der Waals surface area contributed by atoms with E-state index in [0.29, 0.717) is 13.0 Å². The van der Waals surface area contributed by atoms with Crippen molar-refractivity contribution in [3.05, 3.63) is 59.9 Å². The lowest BCUT2D eigenvalue weighted by Crippen LogP contribution is -2.63. The molecule has 0 atom stereocenters. The molecule has 0 spiro atoms. The molecule has 172 valence electrons. The van der Waals surface area contributed by atoms with Gasteiger partial charge in [-0.3, -0.25) is 19.6 Å². The molecular weight excluding hydrogens is 400 g/mol. The first-order valence-corrected chi connectivity index (χ1v) is 11.9. The Kier molecular flexibility index (Phi) is 7.55. The standard InChI is InChI=1S/C26H36N4O2/c1-3-25(31)30(24-10-9-22(2)27-19-24)21-26(11-17-32-18-12-26)29-15-13-28(14-16-29)20-23-7-5-4-6-8-23/h4-10,19H,3,11-18,20-21H2,1-2H3. The van der Waals surface area contributed by atoms with Crippen molar-refractivity contribution < 1.29 is 9.53 Å². The maximum absolute atomic E-state index is 13.0. The van der Waals surface area contributed by atoms with Crippen LogP contribution in [-0.2, 0) is 16.1 Å². The predicted octanol–water partition coefficient (Wildman–Crippen LogP) is 3.50. The van der Waals surface area contributed by atoms with Crippen molar-refractivity contribution >= 4 is 11.6 Å². The highest BCUT2D eigenvalue weighted by Crippen LogP contribution is 2.32. The highest BCUT2D eigenvalue weighted by molar-refractivity contribution is 5.93. The Balaban J connectivity index is 1.49. The third kappa shape index (κ3) is 5.37. The summed E-state index contributed by atoms with van der Waals surface area (Å²) in [5.74, 6) is 0.157. The van der Waals surface area contributed by atoms with Gasteiger partial charge < -0.3 is 9.64 Å². The molecule has 2 aliphatic heterocycles. The van der Waals surface area contributed by atoms with Gasteiger partial charge >= 0.3 is 0 Å². The van der Waals surface area contributed by atoms with Crippen molar-refractivity contribution in [2.45, 2.75) is 45.2 Å². The minimum Gasteiger partial charge on any atom is -0.381 e. The molecule has 4 rings (SSSR count). The molecule has 1 amide bonds. The SMILES string of the molecule is CCC(=O)N(CC1(N2CCN(Cc3ccccc3)CC2)CCOCC1)c1ccc(C)nc1. The molecule has 1 aromatic carbocycles. The van der Waals surface area contributed by atoms with Crippen LogP contribution in [0, 0.1) is 6.92 Å². The van der Waals surface area contributed by atoms with Gasteiger partial charge in [-0.2, -0.15) is 0 Å². The van der Waals surface area contributed by atoms with Gasteiger partial charge in [0.1, 0.15) is 0 Å². The third-order valence-corrected chi connectivity index (χ3v) is 6.98. The molecule has 2 aromatic rings. The number of ether oxygens (including phenoxy) is 1. The molecule has 0 N–H and O–H groups in total. The summed E-state index contributed by atoms with van der Waals surface area (Å²) < 4.78 is 5.75. The van der Waals surface area contributed by atoms with Gasteiger partial charge in [0.2, 0.25) is 5.91 Å². The fraction of sp³-hybridized carbons (Fsp3) is 0.538. The topological polar surface area (TPSA) is 48.9 Å². The van der Waals surface area contributed by atoms with Gasteiger partial charge in [-0.1, -0.05) is 37.3 Å². The molecular formula is C26H36N4O2. The fourth-order valence-corrected chi connectivity index (χ4v) is 4.98. The van der Waals surface area contributed by atoms with Crippen LogP contribution in [0.15, 0.2) is 48.7 Å². The molecule has 0 unspecified atom stereocenters. The van der Waals surface area contributed by atoms with E-state index < -0.39 is 0 Å².